The topological polar surface area (TPSA) is 78.4 Å². The first-order chi connectivity index (χ1) is 8.75. The van der Waals surface area contributed by atoms with Crippen molar-refractivity contribution in [2.45, 2.75) is 0 Å². The standard InChI is InChI=1S/C12H13N3O3/c16-12(17)11-9-7-8(1-2-10(9)13-14-11)15-3-5-18-6-4-15/h1-2,7H,3-6H2,(H,13,14)(H,16,17). The monoisotopic (exact) mass is 247 g/mol. The molecule has 1 fully saturated rings. The van der Waals surface area contributed by atoms with E-state index in [-0.39, 0.29) is 5.69 Å². The highest BCUT2D eigenvalue weighted by Gasteiger charge is 2.16. The number of hydrogen-bond donors (Lipinski definition) is 2. The van der Waals surface area contributed by atoms with Gasteiger partial charge in [-0.1, -0.05) is 0 Å². The zero-order valence-electron chi connectivity index (χ0n) is 9.72. The van der Waals surface area contributed by atoms with Crippen molar-refractivity contribution in [1.29, 1.82) is 0 Å². The van der Waals surface area contributed by atoms with Gasteiger partial charge in [0, 0.05) is 24.2 Å². The van der Waals surface area contributed by atoms with Crippen molar-refractivity contribution in [1.82, 2.24) is 10.2 Å². The second-order valence-corrected chi connectivity index (χ2v) is 4.21. The second kappa shape index (κ2) is 4.30. The fraction of sp³-hybridized carbons (Fsp3) is 0.333. The van der Waals surface area contributed by atoms with E-state index in [4.69, 9.17) is 9.84 Å². The van der Waals surface area contributed by atoms with Gasteiger partial charge in [0.1, 0.15) is 0 Å². The van der Waals surface area contributed by atoms with Crippen molar-refractivity contribution in [2.75, 3.05) is 31.2 Å². The number of H-pyrrole nitrogens is 1. The Labute approximate surface area is 103 Å². The highest BCUT2D eigenvalue weighted by Crippen LogP contribution is 2.24. The number of rotatable bonds is 2. The van der Waals surface area contributed by atoms with Gasteiger partial charge in [-0.05, 0) is 18.2 Å². The van der Waals surface area contributed by atoms with Gasteiger partial charge in [0.25, 0.3) is 0 Å². The third-order valence-corrected chi connectivity index (χ3v) is 3.13. The van der Waals surface area contributed by atoms with Gasteiger partial charge in [0.05, 0.1) is 18.7 Å². The van der Waals surface area contributed by atoms with Crippen LogP contribution in [0.15, 0.2) is 18.2 Å². The van der Waals surface area contributed by atoms with Crippen LogP contribution < -0.4 is 4.90 Å². The number of nitrogens with zero attached hydrogens (tertiary/aromatic N) is 2. The quantitative estimate of drug-likeness (QED) is 0.830. The molecule has 0 atom stereocenters. The molecule has 18 heavy (non-hydrogen) atoms. The lowest BCUT2D eigenvalue weighted by atomic mass is 10.1. The molecule has 1 saturated heterocycles. The molecule has 0 bridgehead atoms. The van der Waals surface area contributed by atoms with Crippen molar-refractivity contribution in [3.63, 3.8) is 0 Å². The molecule has 2 aromatic rings. The van der Waals surface area contributed by atoms with E-state index in [0.717, 1.165) is 24.3 Å². The number of carbonyl (C=O) groups is 1. The first-order valence-corrected chi connectivity index (χ1v) is 5.80. The van der Waals surface area contributed by atoms with Crippen molar-refractivity contribution >= 4 is 22.6 Å². The van der Waals surface area contributed by atoms with Crippen LogP contribution in [0.5, 0.6) is 0 Å². The highest BCUT2D eigenvalue weighted by molar-refractivity contribution is 6.01. The Morgan fingerprint density at radius 2 is 2.17 bits per heavy atom. The van der Waals surface area contributed by atoms with Gasteiger partial charge in [0.15, 0.2) is 5.69 Å². The molecule has 6 heteroatoms. The van der Waals surface area contributed by atoms with E-state index in [2.05, 4.69) is 15.1 Å². The number of nitrogens with one attached hydrogen (secondary N) is 1. The first kappa shape index (κ1) is 11.0. The predicted octanol–water partition coefficient (Wildman–Crippen LogP) is 1.10. The normalized spacial score (nSPS) is 16.1. The molecule has 0 radical (unpaired) electrons. The van der Waals surface area contributed by atoms with E-state index in [1.165, 1.54) is 0 Å². The fourth-order valence-corrected chi connectivity index (χ4v) is 2.18. The molecule has 0 aliphatic carbocycles. The number of morpholine rings is 1. The summed E-state index contributed by atoms with van der Waals surface area (Å²) in [4.78, 5) is 13.2. The van der Waals surface area contributed by atoms with E-state index in [1.807, 2.05) is 18.2 Å². The van der Waals surface area contributed by atoms with Gasteiger partial charge >= 0.3 is 5.97 Å². The first-order valence-electron chi connectivity index (χ1n) is 5.80. The van der Waals surface area contributed by atoms with Crippen LogP contribution in [-0.2, 0) is 4.74 Å². The van der Waals surface area contributed by atoms with Crippen LogP contribution in [-0.4, -0.2) is 47.6 Å². The smallest absolute Gasteiger partial charge is 0.357 e. The SMILES string of the molecule is O=C(O)c1n[nH]c2ccc(N3CCOCC3)cc12. The lowest BCUT2D eigenvalue weighted by Crippen LogP contribution is -2.36. The summed E-state index contributed by atoms with van der Waals surface area (Å²) in [6.45, 7) is 3.06. The average Bonchev–Trinajstić information content (AvgIpc) is 2.82. The minimum atomic E-state index is -1.01. The van der Waals surface area contributed by atoms with Crippen LogP contribution >= 0.6 is 0 Å². The fourth-order valence-electron chi connectivity index (χ4n) is 2.18. The molecule has 1 aromatic carbocycles. The Kier molecular flexibility index (Phi) is 2.64. The summed E-state index contributed by atoms with van der Waals surface area (Å²) in [5.74, 6) is -1.01. The largest absolute Gasteiger partial charge is 0.476 e. The number of aromatic amines is 1. The number of fused-ring (bicyclic) bond motifs is 1. The van der Waals surface area contributed by atoms with E-state index >= 15 is 0 Å². The summed E-state index contributed by atoms with van der Waals surface area (Å²) in [6, 6.07) is 5.70. The van der Waals surface area contributed by atoms with Gasteiger partial charge in [-0.2, -0.15) is 5.10 Å². The maximum Gasteiger partial charge on any atom is 0.357 e. The summed E-state index contributed by atoms with van der Waals surface area (Å²) in [6.07, 6.45) is 0. The molecular formula is C12H13N3O3. The molecule has 0 saturated carbocycles. The number of benzene rings is 1. The zero-order valence-corrected chi connectivity index (χ0v) is 9.72. The van der Waals surface area contributed by atoms with E-state index in [0.29, 0.717) is 18.6 Å². The molecule has 6 nitrogen and oxygen atoms in total. The lowest BCUT2D eigenvalue weighted by Gasteiger charge is -2.28. The Morgan fingerprint density at radius 1 is 1.39 bits per heavy atom. The van der Waals surface area contributed by atoms with Crippen molar-refractivity contribution in [3.8, 4) is 0 Å². The summed E-state index contributed by atoms with van der Waals surface area (Å²) < 4.78 is 5.30. The number of carboxylic acid groups (broad SMARTS) is 1. The molecule has 0 unspecified atom stereocenters. The van der Waals surface area contributed by atoms with Crippen LogP contribution in [0.25, 0.3) is 10.9 Å². The zero-order chi connectivity index (χ0) is 12.5. The summed E-state index contributed by atoms with van der Waals surface area (Å²) in [7, 11) is 0. The Hall–Kier alpha value is -2.08. The second-order valence-electron chi connectivity index (χ2n) is 4.21. The predicted molar refractivity (Wildman–Crippen MR) is 66.1 cm³/mol. The molecule has 0 spiro atoms. The molecular weight excluding hydrogens is 234 g/mol. The summed E-state index contributed by atoms with van der Waals surface area (Å²) in [5, 5.41) is 16.2. The Balaban J connectivity index is 2.03. The van der Waals surface area contributed by atoms with E-state index in [9.17, 15) is 4.79 Å². The van der Waals surface area contributed by atoms with Crippen molar-refractivity contribution in [2.24, 2.45) is 0 Å². The average molecular weight is 247 g/mol. The minimum absolute atomic E-state index is 0.0695. The third-order valence-electron chi connectivity index (χ3n) is 3.13. The minimum Gasteiger partial charge on any atom is -0.476 e. The number of ether oxygens (including phenoxy) is 1. The molecule has 94 valence electrons. The number of hydrogen-bond acceptors (Lipinski definition) is 4. The lowest BCUT2D eigenvalue weighted by molar-refractivity contribution is 0.0692. The summed E-state index contributed by atoms with van der Waals surface area (Å²) >= 11 is 0. The van der Waals surface area contributed by atoms with Crippen LogP contribution in [0.3, 0.4) is 0 Å². The van der Waals surface area contributed by atoms with Crippen molar-refractivity contribution < 1.29 is 14.6 Å². The van der Waals surface area contributed by atoms with Gasteiger partial charge < -0.3 is 14.7 Å². The van der Waals surface area contributed by atoms with Crippen LogP contribution in [0.4, 0.5) is 5.69 Å². The van der Waals surface area contributed by atoms with Crippen molar-refractivity contribution in [3.05, 3.63) is 23.9 Å². The number of anilines is 1. The van der Waals surface area contributed by atoms with E-state index in [1.54, 1.807) is 0 Å². The maximum absolute atomic E-state index is 11.0. The molecule has 2 heterocycles. The van der Waals surface area contributed by atoms with Gasteiger partial charge in [-0.25, -0.2) is 4.79 Å². The highest BCUT2D eigenvalue weighted by atomic mass is 16.5. The molecule has 1 aliphatic heterocycles. The maximum atomic E-state index is 11.0. The Bertz CT molecular complexity index is 587. The molecule has 1 aromatic heterocycles. The third kappa shape index (κ3) is 1.80. The number of carboxylic acids is 1. The molecule has 2 N–H and O–H groups in total. The summed E-state index contributed by atoms with van der Waals surface area (Å²) in [5.41, 5.74) is 1.82. The Morgan fingerprint density at radius 3 is 2.89 bits per heavy atom. The van der Waals surface area contributed by atoms with E-state index < -0.39 is 5.97 Å². The number of aromatic nitrogens is 2. The molecule has 3 rings (SSSR count). The van der Waals surface area contributed by atoms with Gasteiger partial charge in [-0.3, -0.25) is 5.10 Å². The van der Waals surface area contributed by atoms with Gasteiger partial charge in [0.2, 0.25) is 0 Å². The van der Waals surface area contributed by atoms with Crippen LogP contribution in [0, 0.1) is 0 Å². The molecule has 0 amide bonds. The van der Waals surface area contributed by atoms with Crippen LogP contribution in [0.1, 0.15) is 10.5 Å². The van der Waals surface area contributed by atoms with Crippen LogP contribution in [0.2, 0.25) is 0 Å². The number of aromatic carboxylic acids is 1. The molecule has 1 aliphatic rings. The van der Waals surface area contributed by atoms with Gasteiger partial charge in [-0.15, -0.1) is 0 Å².